The normalized spacial score (nSPS) is 12.6. The third-order valence-electron chi connectivity index (χ3n) is 3.41. The standard InChI is InChI=1S/C15H20BrN3/c1-4-5-12-6-8-13(9-7-12)11(3)19-15(17)14(16)10(2)18-19/h6-9,11H,4-5,17H2,1-3H3. The highest BCUT2D eigenvalue weighted by atomic mass is 79.9. The molecular weight excluding hydrogens is 302 g/mol. The average Bonchev–Trinajstić information content (AvgIpc) is 2.67. The first-order valence-corrected chi connectivity index (χ1v) is 7.42. The second-order valence-electron chi connectivity index (χ2n) is 4.90. The summed E-state index contributed by atoms with van der Waals surface area (Å²) in [5.41, 5.74) is 9.60. The van der Waals surface area contributed by atoms with Gasteiger partial charge < -0.3 is 5.73 Å². The summed E-state index contributed by atoms with van der Waals surface area (Å²) < 4.78 is 2.76. The van der Waals surface area contributed by atoms with Gasteiger partial charge in [-0.25, -0.2) is 4.68 Å². The van der Waals surface area contributed by atoms with Gasteiger partial charge in [0, 0.05) is 0 Å². The zero-order valence-electron chi connectivity index (χ0n) is 11.7. The molecule has 1 unspecified atom stereocenters. The number of rotatable bonds is 4. The van der Waals surface area contributed by atoms with E-state index >= 15 is 0 Å². The van der Waals surface area contributed by atoms with Gasteiger partial charge in [0.1, 0.15) is 5.82 Å². The van der Waals surface area contributed by atoms with E-state index in [0.29, 0.717) is 5.82 Å². The fourth-order valence-corrected chi connectivity index (χ4v) is 2.49. The number of nitrogen functional groups attached to an aromatic ring is 1. The summed E-state index contributed by atoms with van der Waals surface area (Å²) in [5.74, 6) is 0.683. The minimum absolute atomic E-state index is 0.140. The Hall–Kier alpha value is -1.29. The van der Waals surface area contributed by atoms with Crippen molar-refractivity contribution in [2.24, 2.45) is 0 Å². The van der Waals surface area contributed by atoms with Gasteiger partial charge in [-0.05, 0) is 47.3 Å². The Morgan fingerprint density at radius 3 is 2.42 bits per heavy atom. The molecule has 0 fully saturated rings. The number of benzene rings is 1. The molecule has 19 heavy (non-hydrogen) atoms. The van der Waals surface area contributed by atoms with Crippen LogP contribution in [0.25, 0.3) is 0 Å². The van der Waals surface area contributed by atoms with Crippen molar-refractivity contribution >= 4 is 21.7 Å². The first-order valence-electron chi connectivity index (χ1n) is 6.63. The molecule has 4 heteroatoms. The summed E-state index contributed by atoms with van der Waals surface area (Å²) in [6.07, 6.45) is 2.30. The van der Waals surface area contributed by atoms with E-state index in [1.807, 2.05) is 11.6 Å². The van der Waals surface area contributed by atoms with Gasteiger partial charge >= 0.3 is 0 Å². The van der Waals surface area contributed by atoms with Crippen LogP contribution in [0.1, 0.15) is 43.1 Å². The van der Waals surface area contributed by atoms with E-state index in [4.69, 9.17) is 5.73 Å². The molecule has 0 aliphatic heterocycles. The second-order valence-corrected chi connectivity index (χ2v) is 5.69. The highest BCUT2D eigenvalue weighted by molar-refractivity contribution is 9.10. The summed E-state index contributed by atoms with van der Waals surface area (Å²) in [5, 5.41) is 4.49. The number of aromatic nitrogens is 2. The largest absolute Gasteiger partial charge is 0.383 e. The first-order chi connectivity index (χ1) is 9.04. The van der Waals surface area contributed by atoms with Crippen LogP contribution in [0.3, 0.4) is 0 Å². The lowest BCUT2D eigenvalue weighted by molar-refractivity contribution is 0.568. The maximum atomic E-state index is 6.07. The third kappa shape index (κ3) is 2.84. The Kier molecular flexibility index (Phi) is 4.30. The molecule has 102 valence electrons. The summed E-state index contributed by atoms with van der Waals surface area (Å²) >= 11 is 3.46. The Morgan fingerprint density at radius 1 is 1.32 bits per heavy atom. The van der Waals surface area contributed by atoms with E-state index in [1.165, 1.54) is 17.5 Å². The quantitative estimate of drug-likeness (QED) is 0.921. The van der Waals surface area contributed by atoms with Gasteiger partial charge in [-0.1, -0.05) is 37.6 Å². The number of anilines is 1. The molecule has 1 heterocycles. The average molecular weight is 322 g/mol. The topological polar surface area (TPSA) is 43.8 Å². The third-order valence-corrected chi connectivity index (χ3v) is 4.39. The van der Waals surface area contributed by atoms with E-state index in [1.54, 1.807) is 0 Å². The highest BCUT2D eigenvalue weighted by Crippen LogP contribution is 2.28. The Morgan fingerprint density at radius 2 is 1.95 bits per heavy atom. The minimum Gasteiger partial charge on any atom is -0.383 e. The molecule has 2 aromatic rings. The van der Waals surface area contributed by atoms with Gasteiger partial charge in [-0.15, -0.1) is 0 Å². The van der Waals surface area contributed by atoms with Crippen molar-refractivity contribution in [3.63, 3.8) is 0 Å². The number of nitrogens with zero attached hydrogens (tertiary/aromatic N) is 2. The SMILES string of the molecule is CCCc1ccc(C(C)n2nc(C)c(Br)c2N)cc1. The summed E-state index contributed by atoms with van der Waals surface area (Å²) in [6, 6.07) is 8.86. The van der Waals surface area contributed by atoms with Gasteiger partial charge in [0.05, 0.1) is 16.2 Å². The Balaban J connectivity index is 2.28. The van der Waals surface area contributed by atoms with Crippen molar-refractivity contribution in [2.75, 3.05) is 5.73 Å². The van der Waals surface area contributed by atoms with Crippen molar-refractivity contribution in [1.82, 2.24) is 9.78 Å². The molecule has 0 saturated carbocycles. The Labute approximate surface area is 122 Å². The van der Waals surface area contributed by atoms with Crippen LogP contribution < -0.4 is 5.73 Å². The van der Waals surface area contributed by atoms with E-state index in [-0.39, 0.29) is 6.04 Å². The summed E-state index contributed by atoms with van der Waals surface area (Å²) in [7, 11) is 0. The molecule has 0 aliphatic carbocycles. The molecule has 2 N–H and O–H groups in total. The molecule has 1 atom stereocenters. The molecular formula is C15H20BrN3. The predicted molar refractivity (Wildman–Crippen MR) is 83.3 cm³/mol. The first kappa shape index (κ1) is 14.1. The molecule has 0 bridgehead atoms. The van der Waals surface area contributed by atoms with Crippen LogP contribution in [0.15, 0.2) is 28.7 Å². The fourth-order valence-electron chi connectivity index (χ4n) is 2.23. The van der Waals surface area contributed by atoms with E-state index in [2.05, 4.69) is 59.1 Å². The van der Waals surface area contributed by atoms with E-state index in [9.17, 15) is 0 Å². The molecule has 0 spiro atoms. The van der Waals surface area contributed by atoms with Crippen molar-refractivity contribution in [3.8, 4) is 0 Å². The monoisotopic (exact) mass is 321 g/mol. The molecule has 2 rings (SSSR count). The molecule has 0 saturated heterocycles. The number of hydrogen-bond donors (Lipinski definition) is 1. The van der Waals surface area contributed by atoms with Gasteiger partial charge in [0.2, 0.25) is 0 Å². The van der Waals surface area contributed by atoms with Gasteiger partial charge in [-0.2, -0.15) is 5.10 Å². The van der Waals surface area contributed by atoms with Gasteiger partial charge in [0.25, 0.3) is 0 Å². The van der Waals surface area contributed by atoms with Crippen molar-refractivity contribution < 1.29 is 0 Å². The predicted octanol–water partition coefficient (Wildman–Crippen LogP) is 4.10. The molecule has 1 aromatic carbocycles. The lowest BCUT2D eigenvalue weighted by Crippen LogP contribution is -2.11. The number of hydrogen-bond acceptors (Lipinski definition) is 2. The van der Waals surface area contributed by atoms with Crippen molar-refractivity contribution in [3.05, 3.63) is 45.6 Å². The number of nitrogens with two attached hydrogens (primary N) is 1. The summed E-state index contributed by atoms with van der Waals surface area (Å²) in [4.78, 5) is 0. The molecule has 0 aliphatic rings. The maximum Gasteiger partial charge on any atom is 0.137 e. The van der Waals surface area contributed by atoms with Gasteiger partial charge in [0.15, 0.2) is 0 Å². The number of aryl methyl sites for hydroxylation is 2. The zero-order chi connectivity index (χ0) is 14.0. The number of halogens is 1. The van der Waals surface area contributed by atoms with Crippen LogP contribution in [0.2, 0.25) is 0 Å². The maximum absolute atomic E-state index is 6.07. The van der Waals surface area contributed by atoms with E-state index in [0.717, 1.165) is 16.6 Å². The lowest BCUT2D eigenvalue weighted by Gasteiger charge is -2.15. The zero-order valence-corrected chi connectivity index (χ0v) is 13.2. The van der Waals surface area contributed by atoms with E-state index < -0.39 is 0 Å². The summed E-state index contributed by atoms with van der Waals surface area (Å²) in [6.45, 7) is 6.26. The van der Waals surface area contributed by atoms with Crippen LogP contribution in [-0.2, 0) is 6.42 Å². The van der Waals surface area contributed by atoms with Crippen molar-refractivity contribution in [1.29, 1.82) is 0 Å². The molecule has 1 aromatic heterocycles. The second kappa shape index (κ2) is 5.78. The van der Waals surface area contributed by atoms with Crippen LogP contribution in [-0.4, -0.2) is 9.78 Å². The molecule has 0 amide bonds. The van der Waals surface area contributed by atoms with Crippen LogP contribution in [0.4, 0.5) is 5.82 Å². The Bertz CT molecular complexity index is 558. The highest BCUT2D eigenvalue weighted by Gasteiger charge is 2.16. The van der Waals surface area contributed by atoms with Crippen LogP contribution >= 0.6 is 15.9 Å². The van der Waals surface area contributed by atoms with Crippen LogP contribution in [0.5, 0.6) is 0 Å². The smallest absolute Gasteiger partial charge is 0.137 e. The van der Waals surface area contributed by atoms with Crippen molar-refractivity contribution in [2.45, 2.75) is 39.7 Å². The fraction of sp³-hybridized carbons (Fsp3) is 0.400. The minimum atomic E-state index is 0.140. The van der Waals surface area contributed by atoms with Crippen LogP contribution in [0, 0.1) is 6.92 Å². The van der Waals surface area contributed by atoms with Gasteiger partial charge in [-0.3, -0.25) is 0 Å². The lowest BCUT2D eigenvalue weighted by atomic mass is 10.0. The molecule has 0 radical (unpaired) electrons. The molecule has 3 nitrogen and oxygen atoms in total.